The van der Waals surface area contributed by atoms with E-state index in [1.807, 2.05) is 0 Å². The van der Waals surface area contributed by atoms with Gasteiger partial charge in [0.25, 0.3) is 0 Å². The Balaban J connectivity index is 2.11. The Labute approximate surface area is 130 Å². The van der Waals surface area contributed by atoms with E-state index in [4.69, 9.17) is 15.3 Å². The molecule has 0 aliphatic carbocycles. The van der Waals surface area contributed by atoms with Crippen LogP contribution >= 0.6 is 11.8 Å². The third-order valence-electron chi connectivity index (χ3n) is 3.51. The van der Waals surface area contributed by atoms with Crippen molar-refractivity contribution in [2.75, 3.05) is 6.54 Å². The minimum absolute atomic E-state index is 0.166. The molecule has 1 unspecified atom stereocenters. The van der Waals surface area contributed by atoms with Crippen LogP contribution in [-0.4, -0.2) is 51.1 Å². The van der Waals surface area contributed by atoms with Crippen molar-refractivity contribution in [3.8, 4) is 0 Å². The minimum atomic E-state index is -1.06. The third kappa shape index (κ3) is 3.77. The van der Waals surface area contributed by atoms with Crippen molar-refractivity contribution >= 4 is 29.7 Å². The summed E-state index contributed by atoms with van der Waals surface area (Å²) in [5.41, 5.74) is 0.166. The molecular formula is C14H15NO6S. The van der Waals surface area contributed by atoms with Gasteiger partial charge in [-0.1, -0.05) is 0 Å². The highest BCUT2D eigenvalue weighted by atomic mass is 32.2. The number of hydrogen-bond acceptors (Lipinski definition) is 5. The van der Waals surface area contributed by atoms with E-state index in [9.17, 15) is 14.4 Å². The second-order valence-electron chi connectivity index (χ2n) is 4.97. The highest BCUT2D eigenvalue weighted by molar-refractivity contribution is 8.00. The fraction of sp³-hybridized carbons (Fsp3) is 0.357. The molecule has 0 bridgehead atoms. The van der Waals surface area contributed by atoms with E-state index in [2.05, 4.69) is 5.32 Å². The molecule has 0 saturated carbocycles. The lowest BCUT2D eigenvalue weighted by atomic mass is 9.96. The number of aromatic carboxylic acids is 1. The average Bonchev–Trinajstić information content (AvgIpc) is 2.82. The van der Waals surface area contributed by atoms with Crippen molar-refractivity contribution in [2.24, 2.45) is 5.92 Å². The Bertz CT molecular complexity index is 588. The van der Waals surface area contributed by atoms with Crippen LogP contribution < -0.4 is 5.32 Å². The molecule has 1 fully saturated rings. The number of nitrogens with one attached hydrogen (secondary N) is 1. The second-order valence-corrected chi connectivity index (χ2v) is 6.28. The highest BCUT2D eigenvalue weighted by Crippen LogP contribution is 2.35. The van der Waals surface area contributed by atoms with Crippen molar-refractivity contribution in [1.82, 2.24) is 5.32 Å². The number of carboxylic acid groups (broad SMARTS) is 3. The Morgan fingerprint density at radius 1 is 1.14 bits per heavy atom. The number of carboxylic acids is 3. The van der Waals surface area contributed by atoms with Gasteiger partial charge in [-0.2, -0.15) is 0 Å². The summed E-state index contributed by atoms with van der Waals surface area (Å²) in [6.45, 7) is 0.389. The smallest absolute Gasteiger partial charge is 0.335 e. The van der Waals surface area contributed by atoms with Crippen molar-refractivity contribution in [2.45, 2.75) is 22.6 Å². The first kappa shape index (κ1) is 16.3. The summed E-state index contributed by atoms with van der Waals surface area (Å²) in [5.74, 6) is -3.64. The number of rotatable bonds is 6. The van der Waals surface area contributed by atoms with E-state index in [-0.39, 0.29) is 17.2 Å². The Morgan fingerprint density at radius 3 is 2.27 bits per heavy atom. The second kappa shape index (κ2) is 6.80. The molecule has 1 aliphatic heterocycles. The van der Waals surface area contributed by atoms with Gasteiger partial charge in [-0.3, -0.25) is 9.59 Å². The molecule has 4 N–H and O–H groups in total. The first-order valence-corrected chi connectivity index (χ1v) is 7.44. The number of carbonyl (C=O) groups is 3. The largest absolute Gasteiger partial charge is 0.481 e. The molecule has 118 valence electrons. The summed E-state index contributed by atoms with van der Waals surface area (Å²) in [6.07, 6.45) is -0.227. The van der Waals surface area contributed by atoms with Gasteiger partial charge in [0.1, 0.15) is 6.04 Å². The number of aliphatic carboxylic acids is 2. The minimum Gasteiger partial charge on any atom is -0.481 e. The Hall–Kier alpha value is -2.06. The van der Waals surface area contributed by atoms with Crippen molar-refractivity contribution < 1.29 is 29.7 Å². The van der Waals surface area contributed by atoms with Gasteiger partial charge in [0.05, 0.1) is 12.0 Å². The van der Waals surface area contributed by atoms with Gasteiger partial charge in [-0.15, -0.1) is 11.8 Å². The van der Waals surface area contributed by atoms with Gasteiger partial charge in [0.15, 0.2) is 0 Å². The summed E-state index contributed by atoms with van der Waals surface area (Å²) in [6, 6.07) is 5.33. The molecule has 7 nitrogen and oxygen atoms in total. The molecule has 0 radical (unpaired) electrons. The highest BCUT2D eigenvalue weighted by Gasteiger charge is 2.41. The number of thioether (sulfide) groups is 1. The zero-order valence-corrected chi connectivity index (χ0v) is 12.2. The fourth-order valence-corrected chi connectivity index (χ4v) is 3.71. The molecule has 1 aliphatic rings. The van der Waals surface area contributed by atoms with E-state index < -0.39 is 29.9 Å². The first-order chi connectivity index (χ1) is 10.4. The summed E-state index contributed by atoms with van der Waals surface area (Å²) in [4.78, 5) is 33.7. The van der Waals surface area contributed by atoms with Crippen LogP contribution in [0, 0.1) is 5.92 Å². The van der Waals surface area contributed by atoms with Crippen LogP contribution in [0.4, 0.5) is 0 Å². The molecule has 8 heteroatoms. The van der Waals surface area contributed by atoms with E-state index in [1.54, 1.807) is 12.1 Å². The molecule has 2 rings (SSSR count). The van der Waals surface area contributed by atoms with Gasteiger partial charge in [-0.05, 0) is 24.3 Å². The molecular weight excluding hydrogens is 310 g/mol. The molecule has 22 heavy (non-hydrogen) atoms. The zero-order valence-electron chi connectivity index (χ0n) is 11.4. The van der Waals surface area contributed by atoms with Crippen LogP contribution in [0.3, 0.4) is 0 Å². The zero-order chi connectivity index (χ0) is 16.3. The Morgan fingerprint density at radius 2 is 1.77 bits per heavy atom. The van der Waals surface area contributed by atoms with Crippen LogP contribution in [0.25, 0.3) is 0 Å². The van der Waals surface area contributed by atoms with Gasteiger partial charge in [0, 0.05) is 22.6 Å². The van der Waals surface area contributed by atoms with E-state index in [0.717, 1.165) is 4.90 Å². The SMILES string of the molecule is O=C(O)C[C@@H]1C(C(=O)O)NC[C@@H]1Sc1ccc(C(=O)O)cc1. The summed E-state index contributed by atoms with van der Waals surface area (Å²) >= 11 is 1.36. The topological polar surface area (TPSA) is 124 Å². The van der Waals surface area contributed by atoms with E-state index in [1.165, 1.54) is 23.9 Å². The molecule has 1 aromatic carbocycles. The molecule has 0 aromatic heterocycles. The Kier molecular flexibility index (Phi) is 5.04. The maximum Gasteiger partial charge on any atom is 0.335 e. The molecule has 0 spiro atoms. The predicted octanol–water partition coefficient (Wildman–Crippen LogP) is 0.993. The maximum absolute atomic E-state index is 11.2. The quantitative estimate of drug-likeness (QED) is 0.610. The third-order valence-corrected chi connectivity index (χ3v) is 4.87. The van der Waals surface area contributed by atoms with Gasteiger partial charge < -0.3 is 20.6 Å². The lowest BCUT2D eigenvalue weighted by molar-refractivity contribution is -0.141. The lowest BCUT2D eigenvalue weighted by Crippen LogP contribution is -2.37. The molecule has 1 saturated heterocycles. The van der Waals surface area contributed by atoms with Gasteiger partial charge >= 0.3 is 17.9 Å². The molecule has 1 aromatic rings. The van der Waals surface area contributed by atoms with Crippen LogP contribution in [-0.2, 0) is 9.59 Å². The number of benzene rings is 1. The van der Waals surface area contributed by atoms with Crippen LogP contribution in [0.2, 0.25) is 0 Å². The monoisotopic (exact) mass is 325 g/mol. The lowest BCUT2D eigenvalue weighted by Gasteiger charge is -2.19. The van der Waals surface area contributed by atoms with Crippen LogP contribution in [0.5, 0.6) is 0 Å². The summed E-state index contributed by atoms with van der Waals surface area (Å²) in [5, 5.41) is 29.6. The summed E-state index contributed by atoms with van der Waals surface area (Å²) < 4.78 is 0. The van der Waals surface area contributed by atoms with Crippen LogP contribution in [0.1, 0.15) is 16.8 Å². The summed E-state index contributed by atoms with van der Waals surface area (Å²) in [7, 11) is 0. The van der Waals surface area contributed by atoms with E-state index in [0.29, 0.717) is 6.54 Å². The van der Waals surface area contributed by atoms with Gasteiger partial charge in [-0.25, -0.2) is 4.79 Å². The van der Waals surface area contributed by atoms with Crippen LogP contribution in [0.15, 0.2) is 29.2 Å². The first-order valence-electron chi connectivity index (χ1n) is 6.56. The fourth-order valence-electron chi connectivity index (χ4n) is 2.46. The molecule has 1 heterocycles. The molecule has 3 atom stereocenters. The maximum atomic E-state index is 11.2. The van der Waals surface area contributed by atoms with Crippen molar-refractivity contribution in [3.05, 3.63) is 29.8 Å². The predicted molar refractivity (Wildman–Crippen MR) is 78.2 cm³/mol. The number of hydrogen-bond donors (Lipinski definition) is 4. The van der Waals surface area contributed by atoms with Gasteiger partial charge in [0.2, 0.25) is 0 Å². The standard InChI is InChI=1S/C14H15NO6S/c16-11(17)5-9-10(6-15-12(9)14(20)21)22-8-3-1-7(2-4-8)13(18)19/h1-4,9-10,12,15H,5-6H2,(H,16,17)(H,18,19)(H,20,21)/t9-,10-,12?/m0/s1. The normalized spacial score (nSPS) is 24.1. The molecule has 0 amide bonds. The van der Waals surface area contributed by atoms with E-state index >= 15 is 0 Å². The average molecular weight is 325 g/mol. The van der Waals surface area contributed by atoms with Crippen molar-refractivity contribution in [3.63, 3.8) is 0 Å². The van der Waals surface area contributed by atoms with Crippen molar-refractivity contribution in [1.29, 1.82) is 0 Å².